The Bertz CT molecular complexity index is 1470. The highest BCUT2D eigenvalue weighted by molar-refractivity contribution is 5.66. The third kappa shape index (κ3) is 4.54. The number of halogens is 3. The molecule has 2 bridgehead atoms. The van der Waals surface area contributed by atoms with Gasteiger partial charge in [-0.1, -0.05) is 12.1 Å². The first-order chi connectivity index (χ1) is 17.9. The Labute approximate surface area is 209 Å². The van der Waals surface area contributed by atoms with E-state index in [2.05, 4.69) is 24.9 Å². The maximum atomic E-state index is 13.1. The summed E-state index contributed by atoms with van der Waals surface area (Å²) in [5.41, 5.74) is 2.43. The van der Waals surface area contributed by atoms with E-state index in [1.54, 1.807) is 24.4 Å². The molecule has 12 heteroatoms. The monoisotopic (exact) mass is 510 g/mol. The summed E-state index contributed by atoms with van der Waals surface area (Å²) in [6.07, 6.45) is 1.74. The maximum absolute atomic E-state index is 13.1. The van der Waals surface area contributed by atoms with Crippen LogP contribution in [-0.2, 0) is 12.6 Å². The lowest BCUT2D eigenvalue weighted by molar-refractivity contribution is -0.140. The summed E-state index contributed by atoms with van der Waals surface area (Å²) in [7, 11) is 1.54. The summed E-state index contributed by atoms with van der Waals surface area (Å²) in [5, 5.41) is 0. The van der Waals surface area contributed by atoms with Gasteiger partial charge in [0.2, 0.25) is 5.88 Å². The molecule has 1 aromatic carbocycles. The molecule has 3 aromatic heterocycles. The highest BCUT2D eigenvalue weighted by Crippen LogP contribution is 2.45. The van der Waals surface area contributed by atoms with Crippen LogP contribution in [0.15, 0.2) is 36.9 Å². The number of H-pyrrole nitrogens is 1. The van der Waals surface area contributed by atoms with E-state index in [-0.39, 0.29) is 19.0 Å². The van der Waals surface area contributed by atoms with Gasteiger partial charge in [-0.25, -0.2) is 24.9 Å². The van der Waals surface area contributed by atoms with Crippen molar-refractivity contribution in [1.82, 2.24) is 29.9 Å². The number of hydrogen-bond donors (Lipinski definition) is 1. The van der Waals surface area contributed by atoms with Gasteiger partial charge in [0.1, 0.15) is 42.4 Å². The molecular formula is C25H21F3N6O3. The van der Waals surface area contributed by atoms with Crippen molar-refractivity contribution in [3.63, 3.8) is 0 Å². The van der Waals surface area contributed by atoms with E-state index in [4.69, 9.17) is 19.2 Å². The highest BCUT2D eigenvalue weighted by atomic mass is 19.4. The predicted molar refractivity (Wildman–Crippen MR) is 124 cm³/mol. The fraction of sp³-hybridized carbons (Fsp3) is 0.320. The number of aromatic nitrogens is 6. The number of benzene rings is 1. The molecule has 0 spiro atoms. The number of hydrogen-bond acceptors (Lipinski definition) is 8. The predicted octanol–water partition coefficient (Wildman–Crippen LogP) is 4.59. The molecule has 1 aliphatic heterocycles. The summed E-state index contributed by atoms with van der Waals surface area (Å²) in [4.78, 5) is 24.4. The third-order valence-electron chi connectivity index (χ3n) is 6.24. The molecule has 1 saturated carbocycles. The second-order valence-electron chi connectivity index (χ2n) is 8.76. The van der Waals surface area contributed by atoms with E-state index in [0.717, 1.165) is 30.3 Å². The molecule has 1 aliphatic carbocycles. The highest BCUT2D eigenvalue weighted by Gasteiger charge is 2.34. The van der Waals surface area contributed by atoms with Gasteiger partial charge in [-0.2, -0.15) is 13.2 Å². The van der Waals surface area contributed by atoms with Gasteiger partial charge in [0.05, 0.1) is 30.9 Å². The Morgan fingerprint density at radius 1 is 1.03 bits per heavy atom. The van der Waals surface area contributed by atoms with E-state index in [9.17, 15) is 13.2 Å². The SMILES string of the molecule is COc1cnc2nc1Cc1ccc(-c3ncc(C(F)(F)F)[nH]3)cc1OCCOc1ncnc(C3CC3)c1-2. The molecule has 6 rings (SSSR count). The second kappa shape index (κ2) is 9.02. The van der Waals surface area contributed by atoms with Gasteiger partial charge in [0.15, 0.2) is 11.6 Å². The molecule has 1 fully saturated rings. The zero-order valence-electron chi connectivity index (χ0n) is 19.7. The molecule has 0 amide bonds. The Morgan fingerprint density at radius 2 is 1.86 bits per heavy atom. The zero-order chi connectivity index (χ0) is 25.6. The van der Waals surface area contributed by atoms with E-state index in [1.165, 1.54) is 13.4 Å². The Morgan fingerprint density at radius 3 is 2.62 bits per heavy atom. The molecule has 9 nitrogen and oxygen atoms in total. The molecule has 0 atom stereocenters. The topological polar surface area (TPSA) is 108 Å². The van der Waals surface area contributed by atoms with Crippen LogP contribution in [0, 0.1) is 0 Å². The summed E-state index contributed by atoms with van der Waals surface area (Å²) in [6.45, 7) is 0.357. The Kier molecular flexibility index (Phi) is 5.65. The number of imidazole rings is 1. The molecule has 4 heterocycles. The second-order valence-corrected chi connectivity index (χ2v) is 8.76. The number of alkyl halides is 3. The van der Waals surface area contributed by atoms with Crippen LogP contribution in [0.1, 0.15) is 41.4 Å². The fourth-order valence-corrected chi connectivity index (χ4v) is 4.26. The first-order valence-electron chi connectivity index (χ1n) is 11.7. The van der Waals surface area contributed by atoms with Crippen molar-refractivity contribution < 1.29 is 27.4 Å². The van der Waals surface area contributed by atoms with Gasteiger partial charge in [0, 0.05) is 23.5 Å². The Balaban J connectivity index is 1.42. The molecule has 37 heavy (non-hydrogen) atoms. The lowest BCUT2D eigenvalue weighted by Crippen LogP contribution is -2.14. The third-order valence-corrected chi connectivity index (χ3v) is 6.24. The minimum atomic E-state index is -4.52. The molecule has 2 aliphatic rings. The molecular weight excluding hydrogens is 489 g/mol. The van der Waals surface area contributed by atoms with Crippen molar-refractivity contribution in [2.75, 3.05) is 20.3 Å². The van der Waals surface area contributed by atoms with E-state index in [0.29, 0.717) is 52.4 Å². The summed E-state index contributed by atoms with van der Waals surface area (Å²) >= 11 is 0. The summed E-state index contributed by atoms with van der Waals surface area (Å²) in [5.74, 6) is 2.18. The van der Waals surface area contributed by atoms with Gasteiger partial charge >= 0.3 is 6.18 Å². The number of ether oxygens (including phenoxy) is 3. The van der Waals surface area contributed by atoms with Crippen LogP contribution in [0.4, 0.5) is 13.2 Å². The smallest absolute Gasteiger partial charge is 0.432 e. The van der Waals surface area contributed by atoms with Gasteiger partial charge in [-0.15, -0.1) is 0 Å². The van der Waals surface area contributed by atoms with E-state index >= 15 is 0 Å². The standard InChI is InChI=1S/C25H21F3N6O3/c1-35-18-10-29-23-20-21(13-2-3-13)31-12-32-24(20)37-7-6-36-17-9-15(5-4-14(17)8-16(18)33-23)22-30-11-19(34-22)25(26,27)28/h4-5,9-13H,2-3,6-8H2,1H3,(H,30,34). The van der Waals surface area contributed by atoms with E-state index in [1.807, 2.05) is 0 Å². The minimum absolute atomic E-state index is 0.0845. The average Bonchev–Trinajstić information content (AvgIpc) is 3.60. The van der Waals surface area contributed by atoms with Crippen molar-refractivity contribution in [1.29, 1.82) is 0 Å². The summed E-state index contributed by atoms with van der Waals surface area (Å²) in [6, 6.07) is 5.11. The van der Waals surface area contributed by atoms with Crippen molar-refractivity contribution in [3.05, 3.63) is 59.6 Å². The summed E-state index contributed by atoms with van der Waals surface area (Å²) < 4.78 is 56.7. The quantitative estimate of drug-likeness (QED) is 0.427. The molecule has 0 unspecified atom stereocenters. The van der Waals surface area contributed by atoms with Crippen LogP contribution in [0.25, 0.3) is 22.8 Å². The molecule has 0 radical (unpaired) electrons. The van der Waals surface area contributed by atoms with Crippen LogP contribution in [0.3, 0.4) is 0 Å². The number of nitrogens with one attached hydrogen (secondary N) is 1. The van der Waals surface area contributed by atoms with Gasteiger partial charge in [0.25, 0.3) is 0 Å². The first-order valence-corrected chi connectivity index (χ1v) is 11.7. The van der Waals surface area contributed by atoms with Crippen molar-refractivity contribution in [2.45, 2.75) is 31.4 Å². The number of fused-ring (bicyclic) bond motifs is 5. The van der Waals surface area contributed by atoms with Crippen LogP contribution < -0.4 is 14.2 Å². The van der Waals surface area contributed by atoms with Gasteiger partial charge < -0.3 is 19.2 Å². The molecule has 190 valence electrons. The van der Waals surface area contributed by atoms with Crippen LogP contribution in [0.5, 0.6) is 17.4 Å². The lowest BCUT2D eigenvalue weighted by atomic mass is 10.0. The average molecular weight is 510 g/mol. The van der Waals surface area contributed by atoms with E-state index < -0.39 is 11.9 Å². The molecule has 1 N–H and O–H groups in total. The van der Waals surface area contributed by atoms with Gasteiger partial charge in [-0.05, 0) is 18.9 Å². The van der Waals surface area contributed by atoms with Crippen molar-refractivity contribution in [2.24, 2.45) is 0 Å². The number of nitrogens with zero attached hydrogens (tertiary/aromatic N) is 5. The van der Waals surface area contributed by atoms with Crippen LogP contribution >= 0.6 is 0 Å². The lowest BCUT2D eigenvalue weighted by Gasteiger charge is -2.18. The maximum Gasteiger partial charge on any atom is 0.432 e. The normalized spacial score (nSPS) is 15.4. The largest absolute Gasteiger partial charge is 0.493 e. The molecule has 0 saturated heterocycles. The number of rotatable bonds is 3. The molecule has 4 aromatic rings. The zero-order valence-corrected chi connectivity index (χ0v) is 19.7. The first kappa shape index (κ1) is 23.2. The number of methoxy groups -OCH3 is 1. The Hall–Kier alpha value is -4.22. The van der Waals surface area contributed by atoms with Crippen molar-refractivity contribution >= 4 is 0 Å². The van der Waals surface area contributed by atoms with Crippen LogP contribution in [0.2, 0.25) is 0 Å². The fourth-order valence-electron chi connectivity index (χ4n) is 4.26. The van der Waals surface area contributed by atoms with Crippen molar-refractivity contribution in [3.8, 4) is 40.2 Å². The minimum Gasteiger partial charge on any atom is -0.493 e. The van der Waals surface area contributed by atoms with Gasteiger partial charge in [-0.3, -0.25) is 0 Å². The van der Waals surface area contributed by atoms with Crippen LogP contribution in [-0.4, -0.2) is 50.2 Å². The number of aromatic amines is 1.